The van der Waals surface area contributed by atoms with E-state index >= 15 is 0 Å². The number of aromatic hydroxyl groups is 1. The van der Waals surface area contributed by atoms with Gasteiger partial charge in [-0.25, -0.2) is 4.98 Å². The van der Waals surface area contributed by atoms with Crippen LogP contribution in [0.4, 0.5) is 0 Å². The van der Waals surface area contributed by atoms with Crippen molar-refractivity contribution in [2.45, 2.75) is 19.5 Å². The fourth-order valence-electron chi connectivity index (χ4n) is 3.45. The predicted octanol–water partition coefficient (Wildman–Crippen LogP) is 4.50. The number of hydrogen-bond acceptors (Lipinski definition) is 8. The molecule has 0 radical (unpaired) electrons. The van der Waals surface area contributed by atoms with E-state index in [2.05, 4.69) is 10.3 Å². The van der Waals surface area contributed by atoms with Crippen molar-refractivity contribution in [1.82, 2.24) is 10.3 Å². The monoisotopic (exact) mass is 462 g/mol. The second kappa shape index (κ2) is 9.81. The molecule has 2 N–H and O–H groups in total. The van der Waals surface area contributed by atoms with Gasteiger partial charge in [-0.15, -0.1) is 11.3 Å². The highest BCUT2D eigenvalue weighted by atomic mass is 32.1. The molecule has 0 aliphatic carbocycles. The van der Waals surface area contributed by atoms with E-state index in [1.807, 2.05) is 29.6 Å². The molecule has 0 aliphatic heterocycles. The van der Waals surface area contributed by atoms with Crippen LogP contribution in [0.5, 0.6) is 11.5 Å². The van der Waals surface area contributed by atoms with E-state index in [1.54, 1.807) is 44.5 Å². The largest absolute Gasteiger partial charge is 0.502 e. The first-order valence-electron chi connectivity index (χ1n) is 10.2. The van der Waals surface area contributed by atoms with E-state index in [1.165, 1.54) is 17.4 Å². The first kappa shape index (κ1) is 22.4. The molecule has 2 heterocycles. The first-order chi connectivity index (χ1) is 16.0. The number of Topliss-reactive ketones (excluding diaryl/α,β-unsaturated/α-hetero) is 1. The van der Waals surface area contributed by atoms with E-state index in [-0.39, 0.29) is 11.5 Å². The van der Waals surface area contributed by atoms with Gasteiger partial charge in [-0.1, -0.05) is 18.2 Å². The van der Waals surface area contributed by atoms with Crippen LogP contribution in [-0.4, -0.2) is 23.0 Å². The summed E-state index contributed by atoms with van der Waals surface area (Å²) in [6, 6.07) is 14.5. The van der Waals surface area contributed by atoms with E-state index in [0.29, 0.717) is 23.6 Å². The average Bonchev–Trinajstić information content (AvgIpc) is 3.37. The Morgan fingerprint density at radius 2 is 2.00 bits per heavy atom. The zero-order chi connectivity index (χ0) is 23.4. The topological polar surface area (TPSA) is 102 Å². The van der Waals surface area contributed by atoms with Crippen LogP contribution in [-0.2, 0) is 6.54 Å². The van der Waals surface area contributed by atoms with Crippen LogP contribution in [0.15, 0.2) is 75.4 Å². The van der Waals surface area contributed by atoms with E-state index in [9.17, 15) is 14.7 Å². The van der Waals surface area contributed by atoms with Crippen LogP contribution < -0.4 is 15.5 Å². The molecule has 1 unspecified atom stereocenters. The number of ketones is 1. The van der Waals surface area contributed by atoms with E-state index < -0.39 is 17.2 Å². The molecule has 0 aliphatic rings. The van der Waals surface area contributed by atoms with Gasteiger partial charge in [-0.2, -0.15) is 0 Å². The number of hydrogen-bond donors (Lipinski definition) is 2. The molecule has 4 rings (SSSR count). The van der Waals surface area contributed by atoms with Gasteiger partial charge in [0.25, 0.3) is 0 Å². The van der Waals surface area contributed by atoms with Crippen LogP contribution in [0, 0.1) is 6.92 Å². The molecule has 8 heteroatoms. The number of benzene rings is 2. The summed E-state index contributed by atoms with van der Waals surface area (Å²) >= 11 is 1.54. The third-order valence-corrected chi connectivity index (χ3v) is 5.91. The molecule has 7 nitrogen and oxygen atoms in total. The standard InChI is InChI=1S/C25H22N2O5S/c1-15-12-20(28)23(30)24(32-15)21(22(29)17-6-8-19(31-2)9-7-17)27-14-16-4-3-5-18(13-16)25-26-10-11-33-25/h3-13,21,27,30H,14H2,1-2H3. The number of ether oxygens (including phenoxy) is 1. The van der Waals surface area contributed by atoms with Crippen LogP contribution in [0.3, 0.4) is 0 Å². The Morgan fingerprint density at radius 1 is 1.21 bits per heavy atom. The number of thiazole rings is 1. The summed E-state index contributed by atoms with van der Waals surface area (Å²) in [6.07, 6.45) is 1.75. The lowest BCUT2D eigenvalue weighted by molar-refractivity contribution is 0.0925. The number of carbonyl (C=O) groups excluding carboxylic acids is 1. The molecule has 4 aromatic rings. The number of nitrogens with zero attached hydrogens (tertiary/aromatic N) is 1. The van der Waals surface area contributed by atoms with Crippen LogP contribution in [0.2, 0.25) is 0 Å². The Hall–Kier alpha value is -3.75. The van der Waals surface area contributed by atoms with E-state index in [0.717, 1.165) is 16.1 Å². The van der Waals surface area contributed by atoms with Crippen molar-refractivity contribution >= 4 is 17.1 Å². The van der Waals surface area contributed by atoms with Gasteiger partial charge in [0, 0.05) is 35.3 Å². The molecule has 0 saturated heterocycles. The van der Waals surface area contributed by atoms with Gasteiger partial charge < -0.3 is 14.3 Å². The van der Waals surface area contributed by atoms with Gasteiger partial charge >= 0.3 is 0 Å². The fraction of sp³-hybridized carbons (Fsp3) is 0.160. The minimum Gasteiger partial charge on any atom is -0.502 e. The zero-order valence-corrected chi connectivity index (χ0v) is 18.9. The number of methoxy groups -OCH3 is 1. The van der Waals surface area contributed by atoms with Crippen molar-refractivity contribution in [3.63, 3.8) is 0 Å². The van der Waals surface area contributed by atoms with Crippen molar-refractivity contribution in [2.24, 2.45) is 0 Å². The number of nitrogens with one attached hydrogen (secondary N) is 1. The van der Waals surface area contributed by atoms with Crippen molar-refractivity contribution in [2.75, 3.05) is 7.11 Å². The summed E-state index contributed by atoms with van der Waals surface area (Å²) in [6.45, 7) is 1.89. The predicted molar refractivity (Wildman–Crippen MR) is 126 cm³/mol. The molecule has 0 saturated carbocycles. The second-order valence-electron chi connectivity index (χ2n) is 7.38. The summed E-state index contributed by atoms with van der Waals surface area (Å²) in [7, 11) is 1.54. The smallest absolute Gasteiger partial charge is 0.227 e. The van der Waals surface area contributed by atoms with Crippen LogP contribution >= 0.6 is 11.3 Å². The van der Waals surface area contributed by atoms with Crippen molar-refractivity contribution in [3.05, 3.63) is 99.0 Å². The van der Waals surface area contributed by atoms with Crippen LogP contribution in [0.1, 0.15) is 33.5 Å². The molecule has 0 fully saturated rings. The Balaban J connectivity index is 1.67. The molecule has 2 aromatic carbocycles. The highest BCUT2D eigenvalue weighted by Crippen LogP contribution is 2.27. The normalized spacial score (nSPS) is 11.8. The van der Waals surface area contributed by atoms with E-state index in [4.69, 9.17) is 9.15 Å². The minimum absolute atomic E-state index is 0.114. The molecule has 168 valence electrons. The second-order valence-corrected chi connectivity index (χ2v) is 8.27. The van der Waals surface area contributed by atoms with Gasteiger partial charge in [0.1, 0.15) is 22.6 Å². The molecule has 1 atom stereocenters. The average molecular weight is 463 g/mol. The third kappa shape index (κ3) is 5.02. The number of rotatable bonds is 8. The summed E-state index contributed by atoms with van der Waals surface area (Å²) in [5.41, 5.74) is 1.65. The first-order valence-corrected chi connectivity index (χ1v) is 11.1. The van der Waals surface area contributed by atoms with Gasteiger partial charge in [0.05, 0.1) is 7.11 Å². The Labute approximate surface area is 194 Å². The van der Waals surface area contributed by atoms with Crippen molar-refractivity contribution < 1.29 is 19.1 Å². The molecular weight excluding hydrogens is 440 g/mol. The number of carbonyl (C=O) groups is 1. The fourth-order valence-corrected chi connectivity index (χ4v) is 4.08. The minimum atomic E-state index is -1.07. The quantitative estimate of drug-likeness (QED) is 0.372. The SMILES string of the molecule is COc1ccc(C(=O)C(NCc2cccc(-c3nccs3)c2)c2oc(C)cc(=O)c2O)cc1. The summed E-state index contributed by atoms with van der Waals surface area (Å²) in [4.78, 5) is 29.9. The Bertz CT molecular complexity index is 1310. The summed E-state index contributed by atoms with van der Waals surface area (Å²) in [5.74, 6) is -0.140. The van der Waals surface area contributed by atoms with Gasteiger partial charge in [0.15, 0.2) is 11.5 Å². The van der Waals surface area contributed by atoms with Crippen molar-refractivity contribution in [1.29, 1.82) is 0 Å². The molecular formula is C25H22N2O5S. The van der Waals surface area contributed by atoms with Gasteiger partial charge in [-0.05, 0) is 42.8 Å². The number of aryl methyl sites for hydroxylation is 1. The molecule has 0 bridgehead atoms. The van der Waals surface area contributed by atoms with Gasteiger partial charge in [-0.3, -0.25) is 14.9 Å². The lowest BCUT2D eigenvalue weighted by Crippen LogP contribution is -2.29. The van der Waals surface area contributed by atoms with Crippen LogP contribution in [0.25, 0.3) is 10.6 Å². The molecule has 0 amide bonds. The summed E-state index contributed by atoms with van der Waals surface area (Å²) < 4.78 is 10.8. The number of aromatic nitrogens is 1. The maximum absolute atomic E-state index is 13.4. The highest BCUT2D eigenvalue weighted by molar-refractivity contribution is 7.13. The third-order valence-electron chi connectivity index (χ3n) is 5.09. The summed E-state index contributed by atoms with van der Waals surface area (Å²) in [5, 5.41) is 16.4. The Kier molecular flexibility index (Phi) is 6.67. The Morgan fingerprint density at radius 3 is 2.70 bits per heavy atom. The molecule has 2 aromatic heterocycles. The van der Waals surface area contributed by atoms with Crippen molar-refractivity contribution in [3.8, 4) is 22.1 Å². The lowest BCUT2D eigenvalue weighted by atomic mass is 10.00. The molecule has 0 spiro atoms. The lowest BCUT2D eigenvalue weighted by Gasteiger charge is -2.18. The maximum Gasteiger partial charge on any atom is 0.227 e. The maximum atomic E-state index is 13.4. The van der Waals surface area contributed by atoms with Gasteiger partial charge in [0.2, 0.25) is 11.2 Å². The molecule has 33 heavy (non-hydrogen) atoms. The highest BCUT2D eigenvalue weighted by Gasteiger charge is 2.28. The zero-order valence-electron chi connectivity index (χ0n) is 18.1.